The Bertz CT molecular complexity index is 607. The van der Waals surface area contributed by atoms with Gasteiger partial charge in [0, 0.05) is 13.0 Å². The van der Waals surface area contributed by atoms with E-state index in [1.807, 2.05) is 18.2 Å². The maximum absolute atomic E-state index is 5.79. The van der Waals surface area contributed by atoms with E-state index in [9.17, 15) is 0 Å². The van der Waals surface area contributed by atoms with Gasteiger partial charge in [0.2, 0.25) is 0 Å². The molecule has 0 fully saturated rings. The molecule has 0 radical (unpaired) electrons. The van der Waals surface area contributed by atoms with Gasteiger partial charge in [-0.2, -0.15) is 0 Å². The van der Waals surface area contributed by atoms with Gasteiger partial charge in [0.15, 0.2) is 11.5 Å². The van der Waals surface area contributed by atoms with Gasteiger partial charge in [0.05, 0.1) is 25.6 Å². The molecular formula is C14H14ClN3O2. The molecule has 0 amide bonds. The number of ether oxygens (including phenoxy) is 2. The molecule has 1 aromatic carbocycles. The second-order valence-corrected chi connectivity index (χ2v) is 4.80. The lowest BCUT2D eigenvalue weighted by molar-refractivity contribution is 0.297. The van der Waals surface area contributed by atoms with Gasteiger partial charge in [0.1, 0.15) is 11.0 Å². The van der Waals surface area contributed by atoms with Crippen molar-refractivity contribution < 1.29 is 9.47 Å². The SMILES string of the molecule is Clc1cncc(NCc2ccc3c(c2)OCCCO3)n1. The van der Waals surface area contributed by atoms with Crippen LogP contribution in [0.25, 0.3) is 0 Å². The summed E-state index contributed by atoms with van der Waals surface area (Å²) in [7, 11) is 0. The quantitative estimate of drug-likeness (QED) is 0.942. The van der Waals surface area contributed by atoms with Gasteiger partial charge in [-0.25, -0.2) is 4.98 Å². The Kier molecular flexibility index (Phi) is 3.87. The Morgan fingerprint density at radius 2 is 2.00 bits per heavy atom. The Labute approximate surface area is 121 Å². The molecule has 1 N–H and O–H groups in total. The molecule has 0 spiro atoms. The number of hydrogen-bond donors (Lipinski definition) is 1. The van der Waals surface area contributed by atoms with Crippen LogP contribution >= 0.6 is 11.6 Å². The molecule has 0 aliphatic carbocycles. The molecule has 104 valence electrons. The molecule has 2 heterocycles. The number of halogens is 1. The molecule has 0 unspecified atom stereocenters. The third kappa shape index (κ3) is 3.11. The summed E-state index contributed by atoms with van der Waals surface area (Å²) >= 11 is 5.79. The van der Waals surface area contributed by atoms with E-state index < -0.39 is 0 Å². The van der Waals surface area contributed by atoms with E-state index in [-0.39, 0.29) is 0 Å². The van der Waals surface area contributed by atoms with E-state index in [0.717, 1.165) is 23.5 Å². The molecule has 20 heavy (non-hydrogen) atoms. The zero-order valence-corrected chi connectivity index (χ0v) is 11.6. The van der Waals surface area contributed by atoms with Crippen LogP contribution in [-0.4, -0.2) is 23.2 Å². The highest BCUT2D eigenvalue weighted by atomic mass is 35.5. The van der Waals surface area contributed by atoms with Crippen LogP contribution in [0.1, 0.15) is 12.0 Å². The van der Waals surface area contributed by atoms with Gasteiger partial charge in [-0.3, -0.25) is 4.98 Å². The molecule has 1 aliphatic rings. The van der Waals surface area contributed by atoms with E-state index in [4.69, 9.17) is 21.1 Å². The number of nitrogens with zero attached hydrogens (tertiary/aromatic N) is 2. The minimum absolute atomic E-state index is 0.369. The highest BCUT2D eigenvalue weighted by Crippen LogP contribution is 2.30. The maximum Gasteiger partial charge on any atom is 0.161 e. The van der Waals surface area contributed by atoms with Gasteiger partial charge >= 0.3 is 0 Å². The topological polar surface area (TPSA) is 56.3 Å². The van der Waals surface area contributed by atoms with E-state index in [1.54, 1.807) is 6.20 Å². The van der Waals surface area contributed by atoms with Crippen molar-refractivity contribution in [3.63, 3.8) is 0 Å². The van der Waals surface area contributed by atoms with Gasteiger partial charge < -0.3 is 14.8 Å². The number of benzene rings is 1. The smallest absolute Gasteiger partial charge is 0.161 e. The van der Waals surface area contributed by atoms with Crippen molar-refractivity contribution in [3.8, 4) is 11.5 Å². The summed E-state index contributed by atoms with van der Waals surface area (Å²) in [6, 6.07) is 5.91. The summed E-state index contributed by atoms with van der Waals surface area (Å²) in [5, 5.41) is 3.54. The van der Waals surface area contributed by atoms with Crippen molar-refractivity contribution in [1.29, 1.82) is 0 Å². The van der Waals surface area contributed by atoms with Crippen LogP contribution in [0.2, 0.25) is 5.15 Å². The summed E-state index contributed by atoms with van der Waals surface area (Å²) in [6.07, 6.45) is 4.04. The average molecular weight is 292 g/mol. The summed E-state index contributed by atoms with van der Waals surface area (Å²) in [4.78, 5) is 8.10. The molecule has 0 saturated carbocycles. The van der Waals surface area contributed by atoms with Crippen LogP contribution in [-0.2, 0) is 6.54 Å². The molecule has 0 saturated heterocycles. The maximum atomic E-state index is 5.79. The van der Waals surface area contributed by atoms with Gasteiger partial charge in [-0.1, -0.05) is 17.7 Å². The Morgan fingerprint density at radius 3 is 2.85 bits per heavy atom. The first kappa shape index (κ1) is 13.0. The first-order chi connectivity index (χ1) is 9.81. The van der Waals surface area contributed by atoms with Crippen molar-refractivity contribution in [2.75, 3.05) is 18.5 Å². The monoisotopic (exact) mass is 291 g/mol. The van der Waals surface area contributed by atoms with E-state index in [2.05, 4.69) is 15.3 Å². The molecule has 1 aromatic heterocycles. The molecule has 6 heteroatoms. The molecule has 5 nitrogen and oxygen atoms in total. The van der Waals surface area contributed by atoms with Crippen LogP contribution in [0.5, 0.6) is 11.5 Å². The highest BCUT2D eigenvalue weighted by Gasteiger charge is 2.10. The van der Waals surface area contributed by atoms with Crippen molar-refractivity contribution in [2.45, 2.75) is 13.0 Å². The van der Waals surface area contributed by atoms with Crippen molar-refractivity contribution in [3.05, 3.63) is 41.3 Å². The third-order valence-electron chi connectivity index (χ3n) is 2.89. The molecule has 0 bridgehead atoms. The zero-order chi connectivity index (χ0) is 13.8. The van der Waals surface area contributed by atoms with Crippen LogP contribution < -0.4 is 14.8 Å². The highest BCUT2D eigenvalue weighted by molar-refractivity contribution is 6.29. The van der Waals surface area contributed by atoms with Crippen molar-refractivity contribution >= 4 is 17.4 Å². The average Bonchev–Trinajstić information content (AvgIpc) is 2.70. The fourth-order valence-corrected chi connectivity index (χ4v) is 2.09. The number of rotatable bonds is 3. The molecule has 2 aromatic rings. The van der Waals surface area contributed by atoms with Crippen molar-refractivity contribution in [1.82, 2.24) is 9.97 Å². The Hall–Kier alpha value is -2.01. The lowest BCUT2D eigenvalue weighted by Gasteiger charge is -2.10. The summed E-state index contributed by atoms with van der Waals surface area (Å²) < 4.78 is 11.3. The fraction of sp³-hybridized carbons (Fsp3) is 0.286. The predicted molar refractivity (Wildman–Crippen MR) is 76.4 cm³/mol. The van der Waals surface area contributed by atoms with Crippen LogP contribution in [0.15, 0.2) is 30.6 Å². The third-order valence-corrected chi connectivity index (χ3v) is 3.07. The number of aromatic nitrogens is 2. The van der Waals surface area contributed by atoms with Crippen LogP contribution in [0.3, 0.4) is 0 Å². The van der Waals surface area contributed by atoms with Gasteiger partial charge in [-0.05, 0) is 17.7 Å². The number of anilines is 1. The standard InChI is InChI=1S/C14H14ClN3O2/c15-13-8-16-9-14(18-13)17-7-10-2-3-11-12(6-10)20-5-1-4-19-11/h2-3,6,8-9H,1,4-5,7H2,(H,17,18). The second-order valence-electron chi connectivity index (χ2n) is 4.41. The van der Waals surface area contributed by atoms with Crippen LogP contribution in [0, 0.1) is 0 Å². The van der Waals surface area contributed by atoms with Gasteiger partial charge in [-0.15, -0.1) is 0 Å². The minimum Gasteiger partial charge on any atom is -0.490 e. The lowest BCUT2D eigenvalue weighted by atomic mass is 10.2. The lowest BCUT2D eigenvalue weighted by Crippen LogP contribution is -2.02. The van der Waals surface area contributed by atoms with Crippen LogP contribution in [0.4, 0.5) is 5.82 Å². The fourth-order valence-electron chi connectivity index (χ4n) is 1.94. The summed E-state index contributed by atoms with van der Waals surface area (Å²) in [5.74, 6) is 2.23. The second kappa shape index (κ2) is 5.96. The molecular weight excluding hydrogens is 278 g/mol. The summed E-state index contributed by atoms with van der Waals surface area (Å²) in [5.41, 5.74) is 1.08. The van der Waals surface area contributed by atoms with Crippen molar-refractivity contribution in [2.24, 2.45) is 0 Å². The van der Waals surface area contributed by atoms with Gasteiger partial charge in [0.25, 0.3) is 0 Å². The number of hydrogen-bond acceptors (Lipinski definition) is 5. The van der Waals surface area contributed by atoms with E-state index in [0.29, 0.717) is 30.7 Å². The largest absolute Gasteiger partial charge is 0.490 e. The van der Waals surface area contributed by atoms with E-state index in [1.165, 1.54) is 6.20 Å². The number of nitrogens with one attached hydrogen (secondary N) is 1. The summed E-state index contributed by atoms with van der Waals surface area (Å²) in [6.45, 7) is 2.00. The minimum atomic E-state index is 0.369. The Morgan fingerprint density at radius 1 is 1.15 bits per heavy atom. The molecule has 0 atom stereocenters. The first-order valence-electron chi connectivity index (χ1n) is 6.41. The van der Waals surface area contributed by atoms with E-state index >= 15 is 0 Å². The predicted octanol–water partition coefficient (Wildman–Crippen LogP) is 2.90. The normalized spacial score (nSPS) is 13.7. The zero-order valence-electron chi connectivity index (χ0n) is 10.8. The molecule has 3 rings (SSSR count). The first-order valence-corrected chi connectivity index (χ1v) is 6.79. The molecule has 1 aliphatic heterocycles. The Balaban J connectivity index is 1.70. The number of fused-ring (bicyclic) bond motifs is 1.